The first kappa shape index (κ1) is 14.5. The molecule has 0 aromatic carbocycles. The number of hydrogen-bond acceptors (Lipinski definition) is 5. The number of carbonyl (C=O) groups excluding carboxylic acids is 2. The van der Waals surface area contributed by atoms with Gasteiger partial charge in [0.05, 0.1) is 18.1 Å². The van der Waals surface area contributed by atoms with Crippen LogP contribution in [0.15, 0.2) is 0 Å². The Morgan fingerprint density at radius 2 is 1.95 bits per heavy atom. The van der Waals surface area contributed by atoms with E-state index in [0.717, 1.165) is 32.2 Å². The van der Waals surface area contributed by atoms with Gasteiger partial charge in [-0.25, -0.2) is 8.42 Å². The summed E-state index contributed by atoms with van der Waals surface area (Å²) in [5.74, 6) is 0.236. The molecule has 2 aliphatic rings. The maximum absolute atomic E-state index is 11.8. The van der Waals surface area contributed by atoms with E-state index in [4.69, 9.17) is 0 Å². The van der Waals surface area contributed by atoms with Crippen molar-refractivity contribution in [2.24, 2.45) is 5.92 Å². The standard InChI is InChI=1S/C12H20N2O4S/c15-8-10-1-4-14(5-2-10)7-12(16)13-11-3-6-19(17,18)9-11/h8,10-11H,1-7,9H2,(H,13,16). The van der Waals surface area contributed by atoms with E-state index in [1.54, 1.807) is 0 Å². The first-order valence-corrected chi connectivity index (χ1v) is 8.48. The second-order valence-electron chi connectivity index (χ2n) is 5.42. The summed E-state index contributed by atoms with van der Waals surface area (Å²) in [6, 6.07) is -0.231. The van der Waals surface area contributed by atoms with Crippen molar-refractivity contribution >= 4 is 22.0 Å². The van der Waals surface area contributed by atoms with Gasteiger partial charge in [-0.3, -0.25) is 9.69 Å². The van der Waals surface area contributed by atoms with Crippen LogP contribution in [-0.4, -0.2) is 62.7 Å². The lowest BCUT2D eigenvalue weighted by molar-refractivity contribution is -0.123. The van der Waals surface area contributed by atoms with Crippen molar-refractivity contribution in [3.8, 4) is 0 Å². The van der Waals surface area contributed by atoms with Crippen LogP contribution < -0.4 is 5.32 Å². The Balaban J connectivity index is 1.72. The van der Waals surface area contributed by atoms with Crippen LogP contribution in [0, 0.1) is 5.92 Å². The summed E-state index contributed by atoms with van der Waals surface area (Å²) in [5, 5.41) is 2.78. The van der Waals surface area contributed by atoms with Gasteiger partial charge in [-0.05, 0) is 32.4 Å². The molecule has 0 spiro atoms. The van der Waals surface area contributed by atoms with Crippen molar-refractivity contribution in [2.45, 2.75) is 25.3 Å². The smallest absolute Gasteiger partial charge is 0.234 e. The van der Waals surface area contributed by atoms with Crippen LogP contribution in [-0.2, 0) is 19.4 Å². The number of hydrogen-bond donors (Lipinski definition) is 1. The number of nitrogens with zero attached hydrogens (tertiary/aromatic N) is 1. The highest BCUT2D eigenvalue weighted by molar-refractivity contribution is 7.91. The third-order valence-electron chi connectivity index (χ3n) is 3.79. The molecule has 0 radical (unpaired) electrons. The van der Waals surface area contributed by atoms with Crippen LogP contribution in [0.4, 0.5) is 0 Å². The van der Waals surface area contributed by atoms with E-state index in [9.17, 15) is 18.0 Å². The Kier molecular flexibility index (Phi) is 4.57. The zero-order valence-electron chi connectivity index (χ0n) is 10.9. The highest BCUT2D eigenvalue weighted by Gasteiger charge is 2.29. The number of likely N-dealkylation sites (tertiary alicyclic amines) is 1. The number of rotatable bonds is 4. The van der Waals surface area contributed by atoms with E-state index < -0.39 is 9.84 Å². The van der Waals surface area contributed by atoms with E-state index in [2.05, 4.69) is 5.32 Å². The van der Waals surface area contributed by atoms with Crippen molar-refractivity contribution in [3.05, 3.63) is 0 Å². The van der Waals surface area contributed by atoms with Gasteiger partial charge in [0.2, 0.25) is 5.91 Å². The molecule has 2 rings (SSSR count). The monoisotopic (exact) mass is 288 g/mol. The lowest BCUT2D eigenvalue weighted by Crippen LogP contribution is -2.45. The van der Waals surface area contributed by atoms with Gasteiger partial charge in [0, 0.05) is 12.0 Å². The van der Waals surface area contributed by atoms with E-state index in [1.807, 2.05) is 4.90 Å². The van der Waals surface area contributed by atoms with Crippen molar-refractivity contribution in [3.63, 3.8) is 0 Å². The number of nitrogens with one attached hydrogen (secondary N) is 1. The van der Waals surface area contributed by atoms with Gasteiger partial charge >= 0.3 is 0 Å². The molecule has 6 nitrogen and oxygen atoms in total. The third-order valence-corrected chi connectivity index (χ3v) is 5.56. The lowest BCUT2D eigenvalue weighted by Gasteiger charge is -2.29. The molecule has 1 unspecified atom stereocenters. The molecule has 2 fully saturated rings. The minimum atomic E-state index is -2.95. The molecule has 1 atom stereocenters. The number of amides is 1. The predicted octanol–water partition coefficient (Wildman–Crippen LogP) is -0.799. The van der Waals surface area contributed by atoms with Crippen LogP contribution in [0.25, 0.3) is 0 Å². The molecular weight excluding hydrogens is 268 g/mol. The topological polar surface area (TPSA) is 83.6 Å². The summed E-state index contributed by atoms with van der Waals surface area (Å²) in [6.45, 7) is 1.79. The number of piperidine rings is 1. The fourth-order valence-corrected chi connectivity index (χ4v) is 4.31. The largest absolute Gasteiger partial charge is 0.351 e. The summed E-state index contributed by atoms with van der Waals surface area (Å²) in [6.07, 6.45) is 3.10. The first-order chi connectivity index (χ1) is 8.98. The molecule has 2 aliphatic heterocycles. The van der Waals surface area contributed by atoms with Crippen molar-refractivity contribution in [2.75, 3.05) is 31.1 Å². The Hall–Kier alpha value is -0.950. The summed E-state index contributed by atoms with van der Waals surface area (Å²) in [7, 11) is -2.95. The second-order valence-corrected chi connectivity index (χ2v) is 7.65. The Morgan fingerprint density at radius 3 is 2.47 bits per heavy atom. The van der Waals surface area contributed by atoms with E-state index in [-0.39, 0.29) is 29.4 Å². The molecule has 1 amide bonds. The van der Waals surface area contributed by atoms with Gasteiger partial charge in [0.1, 0.15) is 6.29 Å². The van der Waals surface area contributed by atoms with Crippen molar-refractivity contribution in [1.29, 1.82) is 0 Å². The Bertz CT molecular complexity index is 441. The summed E-state index contributed by atoms with van der Waals surface area (Å²) in [4.78, 5) is 24.5. The fourth-order valence-electron chi connectivity index (χ4n) is 2.63. The normalized spacial score (nSPS) is 28.1. The first-order valence-electron chi connectivity index (χ1n) is 6.66. The van der Waals surface area contributed by atoms with E-state index >= 15 is 0 Å². The van der Waals surface area contributed by atoms with Crippen molar-refractivity contribution < 1.29 is 18.0 Å². The number of carbonyl (C=O) groups is 2. The van der Waals surface area contributed by atoms with Gasteiger partial charge in [0.25, 0.3) is 0 Å². The molecule has 0 aromatic rings. The predicted molar refractivity (Wildman–Crippen MR) is 70.4 cm³/mol. The van der Waals surface area contributed by atoms with E-state index in [0.29, 0.717) is 13.0 Å². The molecule has 7 heteroatoms. The number of sulfone groups is 1. The molecule has 0 saturated carbocycles. The highest BCUT2D eigenvalue weighted by Crippen LogP contribution is 2.15. The molecule has 108 valence electrons. The zero-order valence-corrected chi connectivity index (χ0v) is 11.7. The van der Waals surface area contributed by atoms with Crippen LogP contribution >= 0.6 is 0 Å². The maximum Gasteiger partial charge on any atom is 0.234 e. The Morgan fingerprint density at radius 1 is 1.26 bits per heavy atom. The van der Waals surface area contributed by atoms with Gasteiger partial charge in [-0.2, -0.15) is 0 Å². The molecule has 0 aromatic heterocycles. The molecule has 19 heavy (non-hydrogen) atoms. The third kappa shape index (κ3) is 4.28. The van der Waals surface area contributed by atoms with Gasteiger partial charge in [-0.15, -0.1) is 0 Å². The average molecular weight is 288 g/mol. The lowest BCUT2D eigenvalue weighted by atomic mass is 9.99. The molecular formula is C12H20N2O4S. The van der Waals surface area contributed by atoms with Gasteiger partial charge in [-0.1, -0.05) is 0 Å². The molecule has 2 heterocycles. The van der Waals surface area contributed by atoms with E-state index in [1.165, 1.54) is 0 Å². The minimum absolute atomic E-state index is 0.0615. The van der Waals surface area contributed by atoms with Crippen molar-refractivity contribution in [1.82, 2.24) is 10.2 Å². The summed E-state index contributed by atoms with van der Waals surface area (Å²) in [5.41, 5.74) is 0. The molecule has 1 N–H and O–H groups in total. The van der Waals surface area contributed by atoms with Crippen LogP contribution in [0.5, 0.6) is 0 Å². The van der Waals surface area contributed by atoms with Gasteiger partial charge < -0.3 is 10.1 Å². The SMILES string of the molecule is O=CC1CCN(CC(=O)NC2CCS(=O)(=O)C2)CC1. The number of aldehydes is 1. The zero-order chi connectivity index (χ0) is 13.9. The molecule has 2 saturated heterocycles. The van der Waals surface area contributed by atoms with Crippen LogP contribution in [0.1, 0.15) is 19.3 Å². The quantitative estimate of drug-likeness (QED) is 0.685. The second kappa shape index (κ2) is 6.00. The highest BCUT2D eigenvalue weighted by atomic mass is 32.2. The molecule has 0 aliphatic carbocycles. The fraction of sp³-hybridized carbons (Fsp3) is 0.833. The average Bonchev–Trinajstić information content (AvgIpc) is 2.69. The summed E-state index contributed by atoms with van der Waals surface area (Å²) < 4.78 is 22.6. The summed E-state index contributed by atoms with van der Waals surface area (Å²) >= 11 is 0. The Labute approximate surface area is 113 Å². The maximum atomic E-state index is 11.8. The minimum Gasteiger partial charge on any atom is -0.351 e. The van der Waals surface area contributed by atoms with Crippen LogP contribution in [0.2, 0.25) is 0 Å². The molecule has 0 bridgehead atoms. The van der Waals surface area contributed by atoms with Gasteiger partial charge in [0.15, 0.2) is 9.84 Å². The van der Waals surface area contributed by atoms with Crippen LogP contribution in [0.3, 0.4) is 0 Å².